The lowest BCUT2D eigenvalue weighted by molar-refractivity contribution is 0.353. The third-order valence-corrected chi connectivity index (χ3v) is 5.72. The number of ether oxygens (including phenoxy) is 1. The molecule has 0 unspecified atom stereocenters. The predicted molar refractivity (Wildman–Crippen MR) is 86.1 cm³/mol. The van der Waals surface area contributed by atoms with E-state index in [4.69, 9.17) is 9.26 Å². The number of benzene rings is 2. The van der Waals surface area contributed by atoms with Crippen molar-refractivity contribution in [1.29, 1.82) is 0 Å². The van der Waals surface area contributed by atoms with Crippen LogP contribution in [0.15, 0.2) is 36.4 Å². The molecular formula is C15H21N2O3P. The minimum Gasteiger partial charge on any atom is -0.497 e. The van der Waals surface area contributed by atoms with Gasteiger partial charge in [0, 0.05) is 11.5 Å². The van der Waals surface area contributed by atoms with E-state index in [1.54, 1.807) is 50.7 Å². The Morgan fingerprint density at radius 3 is 2.19 bits per heavy atom. The molecule has 0 spiro atoms. The molecule has 0 heterocycles. The van der Waals surface area contributed by atoms with E-state index in [2.05, 4.69) is 0 Å². The molecular weight excluding hydrogens is 287 g/mol. The molecule has 0 N–H and O–H groups in total. The molecule has 0 atom stereocenters. The van der Waals surface area contributed by atoms with Crippen LogP contribution in [-0.2, 0) is 4.57 Å². The van der Waals surface area contributed by atoms with Crippen LogP contribution in [0.5, 0.6) is 11.5 Å². The van der Waals surface area contributed by atoms with Crippen LogP contribution >= 0.6 is 7.67 Å². The molecule has 0 radical (unpaired) electrons. The molecule has 6 heteroatoms. The summed E-state index contributed by atoms with van der Waals surface area (Å²) < 4.78 is 27.4. The van der Waals surface area contributed by atoms with Crippen LogP contribution in [0.1, 0.15) is 0 Å². The monoisotopic (exact) mass is 308 g/mol. The number of hydrogen-bond donors (Lipinski definition) is 0. The van der Waals surface area contributed by atoms with E-state index in [0.717, 1.165) is 10.8 Å². The molecule has 0 saturated carbocycles. The van der Waals surface area contributed by atoms with Crippen LogP contribution in [0.2, 0.25) is 0 Å². The average Bonchev–Trinajstić information content (AvgIpc) is 2.46. The fourth-order valence-electron chi connectivity index (χ4n) is 2.09. The normalized spacial score (nSPS) is 12.1. The Morgan fingerprint density at radius 1 is 1.00 bits per heavy atom. The van der Waals surface area contributed by atoms with Crippen LogP contribution in [-0.4, -0.2) is 44.6 Å². The highest BCUT2D eigenvalue weighted by molar-refractivity contribution is 7.54. The Hall–Kier alpha value is -1.55. The maximum Gasteiger partial charge on any atom is 0.394 e. The van der Waals surface area contributed by atoms with Gasteiger partial charge in [-0.3, -0.25) is 0 Å². The highest BCUT2D eigenvalue weighted by Crippen LogP contribution is 2.52. The van der Waals surface area contributed by atoms with Crippen molar-refractivity contribution in [3.63, 3.8) is 0 Å². The zero-order chi connectivity index (χ0) is 15.6. The van der Waals surface area contributed by atoms with E-state index in [1.807, 2.05) is 30.3 Å². The highest BCUT2D eigenvalue weighted by atomic mass is 31.2. The summed E-state index contributed by atoms with van der Waals surface area (Å²) in [6.07, 6.45) is 0. The molecule has 0 aliphatic rings. The third kappa shape index (κ3) is 3.05. The molecule has 0 aliphatic heterocycles. The van der Waals surface area contributed by atoms with Gasteiger partial charge in [0.1, 0.15) is 11.5 Å². The number of methoxy groups -OCH3 is 1. The van der Waals surface area contributed by atoms with Crippen molar-refractivity contribution in [3.05, 3.63) is 36.4 Å². The first-order chi connectivity index (χ1) is 9.88. The Morgan fingerprint density at radius 2 is 1.62 bits per heavy atom. The van der Waals surface area contributed by atoms with E-state index >= 15 is 0 Å². The predicted octanol–water partition coefficient (Wildman–Crippen LogP) is 3.46. The molecule has 0 amide bonds. The lowest BCUT2D eigenvalue weighted by atomic mass is 10.1. The van der Waals surface area contributed by atoms with Gasteiger partial charge in [-0.2, -0.15) is 0 Å². The van der Waals surface area contributed by atoms with Gasteiger partial charge < -0.3 is 9.26 Å². The van der Waals surface area contributed by atoms with Gasteiger partial charge in [0.2, 0.25) is 0 Å². The van der Waals surface area contributed by atoms with Gasteiger partial charge in [-0.05, 0) is 39.6 Å². The minimum absolute atomic E-state index is 0.552. The molecule has 2 rings (SSSR count). The first kappa shape index (κ1) is 15.8. The van der Waals surface area contributed by atoms with Crippen LogP contribution in [0, 0.1) is 0 Å². The van der Waals surface area contributed by atoms with E-state index in [9.17, 15) is 4.57 Å². The summed E-state index contributed by atoms with van der Waals surface area (Å²) in [6.45, 7) is 0. The summed E-state index contributed by atoms with van der Waals surface area (Å²) in [5, 5.41) is 1.89. The SMILES string of the molecule is COc1cc(OP(=O)(N(C)C)N(C)C)c2ccccc2c1. The maximum absolute atomic E-state index is 13.0. The quantitative estimate of drug-likeness (QED) is 0.791. The average molecular weight is 308 g/mol. The zero-order valence-corrected chi connectivity index (χ0v) is 13.9. The standard InChI is InChI=1S/C15H21N2O3P/c1-16(2)21(18,17(3)4)20-15-11-13(19-5)10-12-8-6-7-9-14(12)15/h6-11H,1-5H3. The molecule has 114 valence electrons. The number of nitrogens with zero attached hydrogens (tertiary/aromatic N) is 2. The van der Waals surface area contributed by atoms with Crippen molar-refractivity contribution < 1.29 is 13.8 Å². The molecule has 0 saturated heterocycles. The van der Waals surface area contributed by atoms with Crippen LogP contribution in [0.3, 0.4) is 0 Å². The molecule has 0 fully saturated rings. The van der Waals surface area contributed by atoms with Gasteiger partial charge in [-0.15, -0.1) is 0 Å². The second-order valence-corrected chi connectivity index (χ2v) is 7.89. The lowest BCUT2D eigenvalue weighted by Gasteiger charge is -2.30. The first-order valence-electron chi connectivity index (χ1n) is 6.60. The summed E-state index contributed by atoms with van der Waals surface area (Å²) in [6, 6.07) is 11.5. The molecule has 2 aromatic carbocycles. The maximum atomic E-state index is 13.0. The Labute approximate surface area is 125 Å². The van der Waals surface area contributed by atoms with Gasteiger partial charge in [0.25, 0.3) is 0 Å². The summed E-state index contributed by atoms with van der Waals surface area (Å²) >= 11 is 0. The topological polar surface area (TPSA) is 42.0 Å². The molecule has 0 aromatic heterocycles. The molecule has 21 heavy (non-hydrogen) atoms. The lowest BCUT2D eigenvalue weighted by Crippen LogP contribution is -2.24. The number of rotatable bonds is 5. The first-order valence-corrected chi connectivity index (χ1v) is 8.13. The van der Waals surface area contributed by atoms with E-state index in [1.165, 1.54) is 0 Å². The second kappa shape index (κ2) is 6.06. The smallest absolute Gasteiger partial charge is 0.394 e. The van der Waals surface area contributed by atoms with E-state index in [0.29, 0.717) is 11.5 Å². The van der Waals surface area contributed by atoms with E-state index in [-0.39, 0.29) is 0 Å². The number of hydrogen-bond acceptors (Lipinski definition) is 3. The zero-order valence-electron chi connectivity index (χ0n) is 13.0. The van der Waals surface area contributed by atoms with Crippen molar-refractivity contribution >= 4 is 18.4 Å². The van der Waals surface area contributed by atoms with Crippen LogP contribution in [0.4, 0.5) is 0 Å². The van der Waals surface area contributed by atoms with Gasteiger partial charge in [0.05, 0.1) is 7.11 Å². The van der Waals surface area contributed by atoms with Gasteiger partial charge >= 0.3 is 7.67 Å². The van der Waals surface area contributed by atoms with Gasteiger partial charge in [-0.1, -0.05) is 24.3 Å². The van der Waals surface area contributed by atoms with Crippen molar-refractivity contribution in [2.75, 3.05) is 35.3 Å². The third-order valence-electron chi connectivity index (χ3n) is 3.26. The van der Waals surface area contributed by atoms with Gasteiger partial charge in [-0.25, -0.2) is 13.9 Å². The van der Waals surface area contributed by atoms with Crippen molar-refractivity contribution in [2.24, 2.45) is 0 Å². The van der Waals surface area contributed by atoms with Crippen molar-refractivity contribution in [2.45, 2.75) is 0 Å². The summed E-state index contributed by atoms with van der Waals surface area (Å²) in [7, 11) is 5.45. The second-order valence-electron chi connectivity index (χ2n) is 5.12. The highest BCUT2D eigenvalue weighted by Gasteiger charge is 2.31. The summed E-state index contributed by atoms with van der Waals surface area (Å²) in [4.78, 5) is 0. The van der Waals surface area contributed by atoms with Crippen LogP contribution in [0.25, 0.3) is 10.8 Å². The summed E-state index contributed by atoms with van der Waals surface area (Å²) in [5.41, 5.74) is 0. The van der Waals surface area contributed by atoms with Gasteiger partial charge in [0.15, 0.2) is 0 Å². The molecule has 5 nitrogen and oxygen atoms in total. The fraction of sp³-hybridized carbons (Fsp3) is 0.333. The fourth-order valence-corrected chi connectivity index (χ4v) is 3.54. The Kier molecular flexibility index (Phi) is 4.57. The number of fused-ring (bicyclic) bond motifs is 1. The Balaban J connectivity index is 2.57. The molecule has 0 aliphatic carbocycles. The minimum atomic E-state index is -3.11. The molecule has 0 bridgehead atoms. The van der Waals surface area contributed by atoms with Crippen LogP contribution < -0.4 is 9.26 Å². The largest absolute Gasteiger partial charge is 0.497 e. The van der Waals surface area contributed by atoms with Crippen molar-refractivity contribution in [3.8, 4) is 11.5 Å². The van der Waals surface area contributed by atoms with E-state index < -0.39 is 7.67 Å². The Bertz CT molecular complexity index is 674. The van der Waals surface area contributed by atoms with Crippen molar-refractivity contribution in [1.82, 2.24) is 9.34 Å². The molecule has 2 aromatic rings. The summed E-state index contributed by atoms with van der Waals surface area (Å²) in [5.74, 6) is 1.23.